The molecule has 2 atom stereocenters. The van der Waals surface area contributed by atoms with Crippen molar-refractivity contribution in [2.24, 2.45) is 0 Å². The predicted octanol–water partition coefficient (Wildman–Crippen LogP) is 2.81. The molecule has 1 N–H and O–H groups in total. The number of nitrogens with one attached hydrogen (secondary N) is 1. The number of hydrogen-bond acceptors (Lipinski definition) is 3. The lowest BCUT2D eigenvalue weighted by molar-refractivity contribution is 0.457. The summed E-state index contributed by atoms with van der Waals surface area (Å²) in [7, 11) is 0. The van der Waals surface area contributed by atoms with Crippen LogP contribution >= 0.6 is 0 Å². The molecular weight excluding hydrogens is 222 g/mol. The normalized spacial score (nSPS) is 19.5. The predicted molar refractivity (Wildman–Crippen MR) is 71.1 cm³/mol. The zero-order valence-electron chi connectivity index (χ0n) is 10.5. The number of fused-ring (bicyclic) bond motifs is 1. The number of rotatable bonds is 3. The number of pyridine rings is 2. The minimum Gasteiger partial charge on any atom is -0.302 e. The highest BCUT2D eigenvalue weighted by Gasteiger charge is 2.24. The van der Waals surface area contributed by atoms with Gasteiger partial charge in [-0.2, -0.15) is 0 Å². The Morgan fingerprint density at radius 2 is 2.17 bits per heavy atom. The lowest BCUT2D eigenvalue weighted by Gasteiger charge is -2.19. The summed E-state index contributed by atoms with van der Waals surface area (Å²) < 4.78 is 0. The van der Waals surface area contributed by atoms with E-state index < -0.39 is 0 Å². The summed E-state index contributed by atoms with van der Waals surface area (Å²) in [5, 5.41) is 3.65. The van der Waals surface area contributed by atoms with E-state index in [1.165, 1.54) is 16.8 Å². The molecule has 0 aliphatic heterocycles. The van der Waals surface area contributed by atoms with Crippen molar-refractivity contribution in [1.29, 1.82) is 0 Å². The van der Waals surface area contributed by atoms with E-state index in [4.69, 9.17) is 0 Å². The van der Waals surface area contributed by atoms with Crippen molar-refractivity contribution in [2.45, 2.75) is 31.8 Å². The van der Waals surface area contributed by atoms with Gasteiger partial charge in [0.15, 0.2) is 0 Å². The van der Waals surface area contributed by atoms with E-state index in [0.717, 1.165) is 12.8 Å². The lowest BCUT2D eigenvalue weighted by Crippen LogP contribution is -2.23. The second-order valence-electron chi connectivity index (χ2n) is 4.81. The highest BCUT2D eigenvalue weighted by Crippen LogP contribution is 2.30. The highest BCUT2D eigenvalue weighted by atomic mass is 15.0. The summed E-state index contributed by atoms with van der Waals surface area (Å²) >= 11 is 0. The SMILES string of the molecule is C[C@@H](NC1CCc2cccnc21)c1cccnc1. The van der Waals surface area contributed by atoms with Gasteiger partial charge in [-0.05, 0) is 43.0 Å². The molecule has 1 aliphatic rings. The summed E-state index contributed by atoms with van der Waals surface area (Å²) in [6, 6.07) is 8.96. The molecule has 0 fully saturated rings. The van der Waals surface area contributed by atoms with E-state index in [2.05, 4.69) is 34.3 Å². The number of aromatic nitrogens is 2. The maximum atomic E-state index is 4.51. The number of hydrogen-bond donors (Lipinski definition) is 1. The first-order valence-electron chi connectivity index (χ1n) is 6.44. The van der Waals surface area contributed by atoms with Crippen LogP contribution in [0.3, 0.4) is 0 Å². The molecule has 0 radical (unpaired) electrons. The van der Waals surface area contributed by atoms with Crippen molar-refractivity contribution in [2.75, 3.05) is 0 Å². The van der Waals surface area contributed by atoms with E-state index in [1.807, 2.05) is 30.7 Å². The molecule has 2 heterocycles. The van der Waals surface area contributed by atoms with Crippen LogP contribution < -0.4 is 5.32 Å². The Hall–Kier alpha value is -1.74. The van der Waals surface area contributed by atoms with E-state index in [-0.39, 0.29) is 0 Å². The summed E-state index contributed by atoms with van der Waals surface area (Å²) in [6.45, 7) is 2.18. The maximum Gasteiger partial charge on any atom is 0.0605 e. The molecule has 18 heavy (non-hydrogen) atoms. The second kappa shape index (κ2) is 4.86. The van der Waals surface area contributed by atoms with Crippen LogP contribution in [0, 0.1) is 0 Å². The molecule has 1 aliphatic carbocycles. The van der Waals surface area contributed by atoms with E-state index in [0.29, 0.717) is 12.1 Å². The molecule has 0 aromatic carbocycles. The Balaban J connectivity index is 1.75. The van der Waals surface area contributed by atoms with Crippen molar-refractivity contribution in [3.63, 3.8) is 0 Å². The van der Waals surface area contributed by atoms with Gasteiger partial charge in [0, 0.05) is 24.6 Å². The second-order valence-corrected chi connectivity index (χ2v) is 4.81. The molecular formula is C15H17N3. The molecule has 2 aromatic heterocycles. The monoisotopic (exact) mass is 239 g/mol. The molecule has 0 saturated carbocycles. The van der Waals surface area contributed by atoms with Crippen LogP contribution in [0.2, 0.25) is 0 Å². The molecule has 0 amide bonds. The Kier molecular flexibility index (Phi) is 3.07. The zero-order valence-corrected chi connectivity index (χ0v) is 10.5. The quantitative estimate of drug-likeness (QED) is 0.895. The third-order valence-corrected chi connectivity index (χ3v) is 3.59. The maximum absolute atomic E-state index is 4.51. The summed E-state index contributed by atoms with van der Waals surface area (Å²) in [6.07, 6.45) is 7.87. The molecule has 3 rings (SSSR count). The Bertz CT molecular complexity index is 524. The van der Waals surface area contributed by atoms with Gasteiger partial charge >= 0.3 is 0 Å². The Labute approximate surface area is 107 Å². The molecule has 0 spiro atoms. The first kappa shape index (κ1) is 11.4. The summed E-state index contributed by atoms with van der Waals surface area (Å²) in [5.74, 6) is 0. The van der Waals surface area contributed by atoms with Crippen LogP contribution in [0.4, 0.5) is 0 Å². The average Bonchev–Trinajstić information content (AvgIpc) is 2.83. The Morgan fingerprint density at radius 1 is 1.28 bits per heavy atom. The van der Waals surface area contributed by atoms with Crippen LogP contribution in [0.25, 0.3) is 0 Å². The third kappa shape index (κ3) is 2.14. The van der Waals surface area contributed by atoms with Gasteiger partial charge in [0.2, 0.25) is 0 Å². The molecule has 0 saturated heterocycles. The standard InChI is InChI=1S/C15H17N3/c1-11(13-5-2-8-16-10-13)18-14-7-6-12-4-3-9-17-15(12)14/h2-5,8-11,14,18H,6-7H2,1H3/t11-,14?/m1/s1. The molecule has 0 bridgehead atoms. The fourth-order valence-corrected chi connectivity index (χ4v) is 2.60. The zero-order chi connectivity index (χ0) is 12.4. The topological polar surface area (TPSA) is 37.8 Å². The molecule has 2 aromatic rings. The summed E-state index contributed by atoms with van der Waals surface area (Å²) in [4.78, 5) is 8.68. The van der Waals surface area contributed by atoms with Gasteiger partial charge in [0.05, 0.1) is 11.7 Å². The van der Waals surface area contributed by atoms with Gasteiger partial charge in [0.25, 0.3) is 0 Å². The van der Waals surface area contributed by atoms with Gasteiger partial charge in [-0.15, -0.1) is 0 Å². The number of nitrogens with zero attached hydrogens (tertiary/aromatic N) is 2. The fourth-order valence-electron chi connectivity index (χ4n) is 2.60. The lowest BCUT2D eigenvalue weighted by atomic mass is 10.1. The highest BCUT2D eigenvalue weighted by molar-refractivity contribution is 5.28. The third-order valence-electron chi connectivity index (χ3n) is 3.59. The van der Waals surface area contributed by atoms with Gasteiger partial charge in [-0.25, -0.2) is 0 Å². The summed E-state index contributed by atoms with van der Waals surface area (Å²) in [5.41, 5.74) is 3.82. The van der Waals surface area contributed by atoms with E-state index in [9.17, 15) is 0 Å². The van der Waals surface area contributed by atoms with Gasteiger partial charge < -0.3 is 5.32 Å². The fraction of sp³-hybridized carbons (Fsp3) is 0.333. The minimum absolute atomic E-state index is 0.302. The smallest absolute Gasteiger partial charge is 0.0605 e. The molecule has 3 nitrogen and oxygen atoms in total. The molecule has 3 heteroatoms. The van der Waals surface area contributed by atoms with Crippen LogP contribution in [0.1, 0.15) is 42.2 Å². The largest absolute Gasteiger partial charge is 0.302 e. The average molecular weight is 239 g/mol. The van der Waals surface area contributed by atoms with E-state index in [1.54, 1.807) is 0 Å². The van der Waals surface area contributed by atoms with Gasteiger partial charge in [0.1, 0.15) is 0 Å². The first-order valence-corrected chi connectivity index (χ1v) is 6.44. The van der Waals surface area contributed by atoms with Crippen molar-refractivity contribution in [3.8, 4) is 0 Å². The van der Waals surface area contributed by atoms with Crippen LogP contribution in [-0.4, -0.2) is 9.97 Å². The molecule has 92 valence electrons. The van der Waals surface area contributed by atoms with Crippen molar-refractivity contribution >= 4 is 0 Å². The Morgan fingerprint density at radius 3 is 3.00 bits per heavy atom. The van der Waals surface area contributed by atoms with Gasteiger partial charge in [-0.3, -0.25) is 9.97 Å². The number of aryl methyl sites for hydroxylation is 1. The van der Waals surface area contributed by atoms with Crippen LogP contribution in [0.15, 0.2) is 42.9 Å². The van der Waals surface area contributed by atoms with Gasteiger partial charge in [-0.1, -0.05) is 12.1 Å². The van der Waals surface area contributed by atoms with E-state index >= 15 is 0 Å². The van der Waals surface area contributed by atoms with Crippen molar-refractivity contribution in [3.05, 3.63) is 59.7 Å². The first-order chi connectivity index (χ1) is 8.84. The van der Waals surface area contributed by atoms with Crippen LogP contribution in [-0.2, 0) is 6.42 Å². The molecule has 1 unspecified atom stereocenters. The van der Waals surface area contributed by atoms with Crippen molar-refractivity contribution in [1.82, 2.24) is 15.3 Å². The van der Waals surface area contributed by atoms with Crippen molar-refractivity contribution < 1.29 is 0 Å². The van der Waals surface area contributed by atoms with Crippen LogP contribution in [0.5, 0.6) is 0 Å². The minimum atomic E-state index is 0.302.